The number of amides is 1. The van der Waals surface area contributed by atoms with Crippen molar-refractivity contribution in [3.05, 3.63) is 80.4 Å². The second-order valence-electron chi connectivity index (χ2n) is 7.15. The van der Waals surface area contributed by atoms with E-state index in [0.29, 0.717) is 38.2 Å². The second kappa shape index (κ2) is 8.95. The number of hydrogen-bond donors (Lipinski definition) is 0. The molecule has 2 aromatic carbocycles. The van der Waals surface area contributed by atoms with Crippen LogP contribution in [0.3, 0.4) is 0 Å². The summed E-state index contributed by atoms with van der Waals surface area (Å²) in [6.07, 6.45) is 1.75. The number of amidine groups is 1. The lowest BCUT2D eigenvalue weighted by atomic mass is 10.1. The van der Waals surface area contributed by atoms with Crippen LogP contribution in [0.5, 0.6) is 0 Å². The molecule has 0 bridgehead atoms. The van der Waals surface area contributed by atoms with Crippen LogP contribution in [-0.4, -0.2) is 22.5 Å². The summed E-state index contributed by atoms with van der Waals surface area (Å²) in [6.45, 7) is 6.60. The van der Waals surface area contributed by atoms with Crippen molar-refractivity contribution in [1.29, 1.82) is 0 Å². The van der Waals surface area contributed by atoms with Crippen LogP contribution in [0.4, 0.5) is 5.69 Å². The third-order valence-electron chi connectivity index (χ3n) is 5.02. The number of rotatable bonds is 4. The molecular weight excluding hydrogens is 451 g/mol. The maximum Gasteiger partial charge on any atom is 0.266 e. The van der Waals surface area contributed by atoms with Gasteiger partial charge in [0.25, 0.3) is 5.91 Å². The first-order valence-corrected chi connectivity index (χ1v) is 11.4. The number of halogens is 2. The first-order chi connectivity index (χ1) is 14.9. The predicted molar refractivity (Wildman–Crippen MR) is 130 cm³/mol. The Morgan fingerprint density at radius 3 is 2.55 bits per heavy atom. The highest BCUT2D eigenvalue weighted by molar-refractivity contribution is 8.18. The van der Waals surface area contributed by atoms with Crippen molar-refractivity contribution >= 4 is 57.8 Å². The summed E-state index contributed by atoms with van der Waals surface area (Å²) in [6, 6.07) is 15.0. The van der Waals surface area contributed by atoms with E-state index >= 15 is 0 Å². The molecule has 158 valence electrons. The van der Waals surface area contributed by atoms with Crippen LogP contribution < -0.4 is 0 Å². The highest BCUT2D eigenvalue weighted by atomic mass is 35.5. The monoisotopic (exact) mass is 470 g/mol. The number of nitrogens with zero attached hydrogens (tertiary/aromatic N) is 2. The topological polar surface area (TPSA) is 45.8 Å². The van der Waals surface area contributed by atoms with Crippen LogP contribution in [0.25, 0.3) is 17.4 Å². The number of thioether (sulfide) groups is 1. The number of carbonyl (C=O) groups excluding carboxylic acids is 1. The standard InChI is InChI=1S/C24H20Cl2N2O2S/c1-4-28-23(29)22(31-24(28)27-17-7-5-14(2)15(3)11-17)13-18-8-10-21(30-18)16-6-9-19(25)20(26)12-16/h5-13H,4H2,1-3H3/b22-13+,27-24?. The second-order valence-corrected chi connectivity index (χ2v) is 8.98. The van der Waals surface area contributed by atoms with Crippen molar-refractivity contribution < 1.29 is 9.21 Å². The van der Waals surface area contributed by atoms with Gasteiger partial charge in [-0.3, -0.25) is 9.69 Å². The zero-order valence-corrected chi connectivity index (χ0v) is 19.6. The maximum absolute atomic E-state index is 12.9. The fourth-order valence-electron chi connectivity index (χ4n) is 3.14. The van der Waals surface area contributed by atoms with E-state index < -0.39 is 0 Å². The normalized spacial score (nSPS) is 16.7. The van der Waals surface area contributed by atoms with E-state index in [1.807, 2.05) is 43.3 Å². The average molecular weight is 471 g/mol. The zero-order valence-electron chi connectivity index (χ0n) is 17.3. The van der Waals surface area contributed by atoms with E-state index in [4.69, 9.17) is 32.6 Å². The Kier molecular flexibility index (Phi) is 6.28. The average Bonchev–Trinajstić information content (AvgIpc) is 3.32. The van der Waals surface area contributed by atoms with Crippen molar-refractivity contribution in [3.63, 3.8) is 0 Å². The van der Waals surface area contributed by atoms with Crippen molar-refractivity contribution in [2.75, 3.05) is 6.54 Å². The van der Waals surface area contributed by atoms with E-state index in [9.17, 15) is 4.79 Å². The molecule has 2 heterocycles. The summed E-state index contributed by atoms with van der Waals surface area (Å²) in [5, 5.41) is 1.61. The molecule has 1 aliphatic heterocycles. The number of hydrogen-bond acceptors (Lipinski definition) is 4. The summed E-state index contributed by atoms with van der Waals surface area (Å²) in [5.41, 5.74) is 4.03. The Morgan fingerprint density at radius 2 is 1.84 bits per heavy atom. The Bertz CT molecular complexity index is 1230. The van der Waals surface area contributed by atoms with E-state index in [1.165, 1.54) is 22.9 Å². The van der Waals surface area contributed by atoms with Gasteiger partial charge in [0.05, 0.1) is 20.6 Å². The molecule has 3 aromatic rings. The number of carbonyl (C=O) groups is 1. The number of benzene rings is 2. The maximum atomic E-state index is 12.9. The van der Waals surface area contributed by atoms with Gasteiger partial charge in [0.15, 0.2) is 5.17 Å². The minimum absolute atomic E-state index is 0.0810. The Labute approximate surface area is 195 Å². The van der Waals surface area contributed by atoms with Crippen molar-refractivity contribution in [2.45, 2.75) is 20.8 Å². The van der Waals surface area contributed by atoms with Gasteiger partial charge < -0.3 is 4.42 Å². The molecule has 1 aromatic heterocycles. The molecule has 0 spiro atoms. The molecule has 7 heteroatoms. The fourth-order valence-corrected chi connectivity index (χ4v) is 4.48. The smallest absolute Gasteiger partial charge is 0.266 e. The van der Waals surface area contributed by atoms with E-state index in [-0.39, 0.29) is 5.91 Å². The third kappa shape index (κ3) is 4.59. The molecule has 1 aliphatic rings. The molecule has 31 heavy (non-hydrogen) atoms. The molecule has 1 amide bonds. The Hall–Kier alpha value is -2.47. The molecule has 0 radical (unpaired) electrons. The Morgan fingerprint density at radius 1 is 1.03 bits per heavy atom. The van der Waals surface area contributed by atoms with Gasteiger partial charge in [0.1, 0.15) is 11.5 Å². The molecule has 4 nitrogen and oxygen atoms in total. The molecule has 1 fully saturated rings. The van der Waals surface area contributed by atoms with Crippen molar-refractivity contribution in [3.8, 4) is 11.3 Å². The summed E-state index contributed by atoms with van der Waals surface area (Å²) in [4.78, 5) is 19.9. The SMILES string of the molecule is CCN1C(=O)/C(=C\c2ccc(-c3ccc(Cl)c(Cl)c3)o2)SC1=Nc1ccc(C)c(C)c1. The quantitative estimate of drug-likeness (QED) is 0.370. The van der Waals surface area contributed by atoms with E-state index in [1.54, 1.807) is 23.1 Å². The molecule has 1 saturated heterocycles. The van der Waals surface area contributed by atoms with Gasteiger partial charge >= 0.3 is 0 Å². The van der Waals surface area contributed by atoms with E-state index in [2.05, 4.69) is 13.8 Å². The van der Waals surface area contributed by atoms with Crippen LogP contribution in [0.1, 0.15) is 23.8 Å². The number of furan rings is 1. The zero-order chi connectivity index (χ0) is 22.1. The summed E-state index contributed by atoms with van der Waals surface area (Å²) in [5.74, 6) is 1.15. The predicted octanol–water partition coefficient (Wildman–Crippen LogP) is 7.49. The minimum atomic E-state index is -0.0810. The lowest BCUT2D eigenvalue weighted by Gasteiger charge is -2.12. The number of aliphatic imine (C=N–C) groups is 1. The highest BCUT2D eigenvalue weighted by Gasteiger charge is 2.32. The molecule has 0 aliphatic carbocycles. The van der Waals surface area contributed by atoms with Gasteiger partial charge in [-0.2, -0.15) is 0 Å². The van der Waals surface area contributed by atoms with Crippen LogP contribution in [0, 0.1) is 13.8 Å². The number of aryl methyl sites for hydroxylation is 2. The largest absolute Gasteiger partial charge is 0.457 e. The van der Waals surface area contributed by atoms with Crippen LogP contribution in [0.15, 0.2) is 62.8 Å². The highest BCUT2D eigenvalue weighted by Crippen LogP contribution is 2.35. The van der Waals surface area contributed by atoms with Crippen molar-refractivity contribution in [2.24, 2.45) is 4.99 Å². The van der Waals surface area contributed by atoms with Crippen molar-refractivity contribution in [1.82, 2.24) is 4.90 Å². The third-order valence-corrected chi connectivity index (χ3v) is 6.77. The van der Waals surface area contributed by atoms with Gasteiger partial charge in [-0.1, -0.05) is 29.3 Å². The molecule has 0 atom stereocenters. The molecule has 0 unspecified atom stereocenters. The van der Waals surface area contributed by atoms with Gasteiger partial charge in [-0.05, 0) is 86.1 Å². The summed E-state index contributed by atoms with van der Waals surface area (Å²) < 4.78 is 5.92. The van der Waals surface area contributed by atoms with Gasteiger partial charge in [0.2, 0.25) is 0 Å². The van der Waals surface area contributed by atoms with Gasteiger partial charge in [-0.15, -0.1) is 0 Å². The number of likely N-dealkylation sites (N-methyl/N-ethyl adjacent to an activating group) is 1. The molecule has 4 rings (SSSR count). The summed E-state index contributed by atoms with van der Waals surface area (Å²) >= 11 is 13.4. The summed E-state index contributed by atoms with van der Waals surface area (Å²) in [7, 11) is 0. The van der Waals surface area contributed by atoms with Crippen LogP contribution in [0.2, 0.25) is 10.0 Å². The van der Waals surface area contributed by atoms with Crippen LogP contribution in [-0.2, 0) is 4.79 Å². The first-order valence-electron chi connectivity index (χ1n) is 9.78. The molecule has 0 N–H and O–H groups in total. The van der Waals surface area contributed by atoms with Gasteiger partial charge in [-0.25, -0.2) is 4.99 Å². The molecule has 0 saturated carbocycles. The Balaban J connectivity index is 1.62. The lowest BCUT2D eigenvalue weighted by molar-refractivity contribution is -0.122. The fraction of sp³-hybridized carbons (Fsp3) is 0.167. The molecular formula is C24H20Cl2N2O2S. The van der Waals surface area contributed by atoms with Crippen LogP contribution >= 0.6 is 35.0 Å². The first kappa shape index (κ1) is 21.8. The van der Waals surface area contributed by atoms with Gasteiger partial charge in [0, 0.05) is 18.2 Å². The lowest BCUT2D eigenvalue weighted by Crippen LogP contribution is -2.28. The van der Waals surface area contributed by atoms with E-state index in [0.717, 1.165) is 11.3 Å². The minimum Gasteiger partial charge on any atom is -0.457 e.